The highest BCUT2D eigenvalue weighted by Gasteiger charge is 2.20. The molecule has 9 heteroatoms. The minimum absolute atomic E-state index is 0.288. The third-order valence-corrected chi connectivity index (χ3v) is 3.91. The van der Waals surface area contributed by atoms with Crippen molar-refractivity contribution in [2.24, 2.45) is 0 Å². The molecule has 92 valence electrons. The number of benzene rings is 1. The van der Waals surface area contributed by atoms with Crippen molar-refractivity contribution < 1.29 is 9.85 Å². The van der Waals surface area contributed by atoms with Crippen LogP contribution in [-0.4, -0.2) is 14.8 Å². The number of aromatic nitrogens is 1. The molecule has 1 heterocycles. The number of nitro benzene ring substituents is 2. The van der Waals surface area contributed by atoms with Crippen molar-refractivity contribution in [3.05, 3.63) is 50.0 Å². The molecule has 0 spiro atoms. The number of thiazole rings is 1. The zero-order chi connectivity index (χ0) is 13.1. The quantitative estimate of drug-likeness (QED) is 0.631. The number of non-ortho nitro benzene ring substituents is 1. The van der Waals surface area contributed by atoms with Crippen molar-refractivity contribution in [3.63, 3.8) is 0 Å². The van der Waals surface area contributed by atoms with Crippen molar-refractivity contribution in [2.45, 2.75) is 9.24 Å². The largest absolute Gasteiger partial charge is 0.290 e. The van der Waals surface area contributed by atoms with Gasteiger partial charge in [0.2, 0.25) is 0 Å². The molecule has 0 amide bonds. The molecule has 0 aliphatic carbocycles. The van der Waals surface area contributed by atoms with E-state index in [1.165, 1.54) is 23.5 Å². The highest BCUT2D eigenvalue weighted by molar-refractivity contribution is 8.01. The third-order valence-electron chi connectivity index (χ3n) is 1.96. The molecule has 2 rings (SSSR count). The van der Waals surface area contributed by atoms with Gasteiger partial charge in [0.25, 0.3) is 11.4 Å². The average molecular weight is 283 g/mol. The summed E-state index contributed by atoms with van der Waals surface area (Å²) in [5.41, 5.74) is -0.588. The minimum atomic E-state index is -0.662. The Balaban J connectivity index is 2.40. The van der Waals surface area contributed by atoms with Gasteiger partial charge in [0, 0.05) is 17.6 Å². The van der Waals surface area contributed by atoms with Crippen LogP contribution in [-0.2, 0) is 0 Å². The Bertz CT molecular complexity index is 600. The standard InChI is InChI=1S/C9H5N3O4S2/c13-11(14)6-1-2-8(7(5-6)12(15)16)18-9-10-3-4-17-9/h1-5H. The molecule has 0 saturated heterocycles. The maximum absolute atomic E-state index is 10.9. The number of hydrogen-bond donors (Lipinski definition) is 0. The average Bonchev–Trinajstić information content (AvgIpc) is 2.81. The van der Waals surface area contributed by atoms with Crippen LogP contribution >= 0.6 is 23.1 Å². The Morgan fingerprint density at radius 1 is 1.22 bits per heavy atom. The zero-order valence-electron chi connectivity index (χ0n) is 8.68. The van der Waals surface area contributed by atoms with E-state index >= 15 is 0 Å². The molecule has 0 aliphatic heterocycles. The van der Waals surface area contributed by atoms with E-state index in [9.17, 15) is 20.2 Å². The second kappa shape index (κ2) is 5.10. The normalized spacial score (nSPS) is 10.2. The lowest BCUT2D eigenvalue weighted by Gasteiger charge is -2.00. The number of rotatable bonds is 4. The Morgan fingerprint density at radius 3 is 2.56 bits per heavy atom. The van der Waals surface area contributed by atoms with Gasteiger partial charge in [0.15, 0.2) is 4.34 Å². The van der Waals surface area contributed by atoms with Gasteiger partial charge in [-0.2, -0.15) is 0 Å². The van der Waals surface area contributed by atoms with Gasteiger partial charge >= 0.3 is 0 Å². The lowest BCUT2D eigenvalue weighted by atomic mass is 10.3. The van der Waals surface area contributed by atoms with Crippen LogP contribution in [0.4, 0.5) is 11.4 Å². The van der Waals surface area contributed by atoms with Gasteiger partial charge in [-0.3, -0.25) is 20.2 Å². The van der Waals surface area contributed by atoms with E-state index in [4.69, 9.17) is 0 Å². The van der Waals surface area contributed by atoms with Gasteiger partial charge in [-0.1, -0.05) is 11.8 Å². The van der Waals surface area contributed by atoms with E-state index < -0.39 is 9.85 Å². The van der Waals surface area contributed by atoms with Gasteiger partial charge < -0.3 is 0 Å². The molecule has 1 aromatic heterocycles. The number of nitrogens with zero attached hydrogens (tertiary/aromatic N) is 3. The SMILES string of the molecule is O=[N+]([O-])c1ccc(Sc2nccs2)c([N+](=O)[O-])c1. The van der Waals surface area contributed by atoms with E-state index in [1.807, 2.05) is 0 Å². The fourth-order valence-corrected chi connectivity index (χ4v) is 2.87. The first-order valence-electron chi connectivity index (χ1n) is 4.58. The Kier molecular flexibility index (Phi) is 3.53. The van der Waals surface area contributed by atoms with Crippen molar-refractivity contribution in [1.29, 1.82) is 0 Å². The molecule has 0 atom stereocenters. The predicted octanol–water partition coefficient (Wildman–Crippen LogP) is 3.11. The van der Waals surface area contributed by atoms with Crippen LogP contribution < -0.4 is 0 Å². The number of nitro groups is 2. The number of hydrogen-bond acceptors (Lipinski definition) is 7. The van der Waals surface area contributed by atoms with Crippen molar-refractivity contribution in [1.82, 2.24) is 4.98 Å². The molecule has 0 N–H and O–H groups in total. The van der Waals surface area contributed by atoms with Crippen LogP contribution in [0, 0.1) is 20.2 Å². The highest BCUT2D eigenvalue weighted by atomic mass is 32.2. The summed E-state index contributed by atoms with van der Waals surface area (Å²) in [4.78, 5) is 24.5. The van der Waals surface area contributed by atoms with Crippen molar-refractivity contribution >= 4 is 34.5 Å². The van der Waals surface area contributed by atoms with Crippen LogP contribution in [0.2, 0.25) is 0 Å². The molecule has 0 unspecified atom stereocenters. The summed E-state index contributed by atoms with van der Waals surface area (Å²) in [5.74, 6) is 0. The summed E-state index contributed by atoms with van der Waals surface area (Å²) in [6.45, 7) is 0. The molecule has 0 aliphatic rings. The Morgan fingerprint density at radius 2 is 2.00 bits per heavy atom. The van der Waals surface area contributed by atoms with Crippen LogP contribution in [0.15, 0.2) is 39.0 Å². The summed E-state index contributed by atoms with van der Waals surface area (Å²) in [5, 5.41) is 23.2. The van der Waals surface area contributed by atoms with E-state index in [1.54, 1.807) is 11.6 Å². The van der Waals surface area contributed by atoms with E-state index in [2.05, 4.69) is 4.98 Å². The molecular formula is C9H5N3O4S2. The topological polar surface area (TPSA) is 99.2 Å². The van der Waals surface area contributed by atoms with Crippen molar-refractivity contribution in [2.75, 3.05) is 0 Å². The summed E-state index contributed by atoms with van der Waals surface area (Å²) >= 11 is 2.46. The zero-order valence-corrected chi connectivity index (χ0v) is 10.3. The molecule has 18 heavy (non-hydrogen) atoms. The van der Waals surface area contributed by atoms with Crippen LogP contribution in [0.1, 0.15) is 0 Å². The molecule has 2 aromatic rings. The Labute approximate surface area is 109 Å². The van der Waals surface area contributed by atoms with E-state index in [0.29, 0.717) is 9.24 Å². The van der Waals surface area contributed by atoms with Gasteiger partial charge in [-0.05, 0) is 6.07 Å². The first-order valence-corrected chi connectivity index (χ1v) is 6.27. The maximum atomic E-state index is 10.9. The summed E-state index contributed by atoms with van der Waals surface area (Å²) in [7, 11) is 0. The fourth-order valence-electron chi connectivity index (χ4n) is 1.20. The van der Waals surface area contributed by atoms with Gasteiger partial charge in [0.1, 0.15) is 0 Å². The van der Waals surface area contributed by atoms with Gasteiger partial charge in [-0.25, -0.2) is 4.98 Å². The fraction of sp³-hybridized carbons (Fsp3) is 0. The van der Waals surface area contributed by atoms with Gasteiger partial charge in [0.05, 0.1) is 20.8 Å². The molecule has 7 nitrogen and oxygen atoms in total. The molecule has 0 radical (unpaired) electrons. The van der Waals surface area contributed by atoms with E-state index in [-0.39, 0.29) is 11.4 Å². The lowest BCUT2D eigenvalue weighted by molar-refractivity contribution is -0.396. The second-order valence-corrected chi connectivity index (χ2v) is 5.25. The maximum Gasteiger partial charge on any atom is 0.290 e. The lowest BCUT2D eigenvalue weighted by Crippen LogP contribution is -1.94. The first-order chi connectivity index (χ1) is 8.58. The molecule has 0 bridgehead atoms. The third kappa shape index (κ3) is 2.63. The monoisotopic (exact) mass is 283 g/mol. The molecule has 0 fully saturated rings. The highest BCUT2D eigenvalue weighted by Crippen LogP contribution is 2.37. The van der Waals surface area contributed by atoms with E-state index in [0.717, 1.165) is 17.8 Å². The molecule has 0 saturated carbocycles. The van der Waals surface area contributed by atoms with Crippen LogP contribution in [0.3, 0.4) is 0 Å². The summed E-state index contributed by atoms with van der Waals surface area (Å²) in [6.07, 6.45) is 1.59. The predicted molar refractivity (Wildman–Crippen MR) is 66.0 cm³/mol. The summed E-state index contributed by atoms with van der Waals surface area (Å²) < 4.78 is 0.645. The Hall–Kier alpha value is -2.00. The van der Waals surface area contributed by atoms with Crippen LogP contribution in [0.5, 0.6) is 0 Å². The smallest absolute Gasteiger partial charge is 0.258 e. The second-order valence-electron chi connectivity index (χ2n) is 3.07. The van der Waals surface area contributed by atoms with Gasteiger partial charge in [-0.15, -0.1) is 11.3 Å². The molecular weight excluding hydrogens is 278 g/mol. The first kappa shape index (κ1) is 12.5. The summed E-state index contributed by atoms with van der Waals surface area (Å²) in [6, 6.07) is 3.56. The van der Waals surface area contributed by atoms with Crippen LogP contribution in [0.25, 0.3) is 0 Å². The molecule has 1 aromatic carbocycles. The van der Waals surface area contributed by atoms with Crippen molar-refractivity contribution in [3.8, 4) is 0 Å². The minimum Gasteiger partial charge on any atom is -0.258 e.